The number of nitrogens with zero attached hydrogens (tertiary/aromatic N) is 2. The minimum absolute atomic E-state index is 0.398. The Kier molecular flexibility index (Phi) is 5.36. The van der Waals surface area contributed by atoms with E-state index < -0.39 is 0 Å². The maximum absolute atomic E-state index is 5.97. The van der Waals surface area contributed by atoms with Crippen LogP contribution in [0.4, 0.5) is 0 Å². The Balaban J connectivity index is 1.90. The molecule has 108 valence electrons. The molecule has 1 heterocycles. The van der Waals surface area contributed by atoms with Crippen LogP contribution in [0.25, 0.3) is 0 Å². The number of nitrogens with two attached hydrogens (primary N) is 1. The zero-order valence-electron chi connectivity index (χ0n) is 12.0. The molecule has 0 aromatic carbocycles. The lowest BCUT2D eigenvalue weighted by molar-refractivity contribution is 0.144. The van der Waals surface area contributed by atoms with Crippen LogP contribution in [0.5, 0.6) is 0 Å². The Morgan fingerprint density at radius 3 is 2.79 bits per heavy atom. The van der Waals surface area contributed by atoms with Crippen molar-refractivity contribution in [1.29, 1.82) is 0 Å². The number of aromatic nitrogens is 1. The maximum atomic E-state index is 5.97. The van der Waals surface area contributed by atoms with Gasteiger partial charge in [0.2, 0.25) is 0 Å². The van der Waals surface area contributed by atoms with Gasteiger partial charge in [-0.2, -0.15) is 0 Å². The molecule has 0 spiro atoms. The van der Waals surface area contributed by atoms with Crippen molar-refractivity contribution in [3.8, 4) is 0 Å². The second-order valence-corrected chi connectivity index (χ2v) is 5.35. The maximum Gasteiger partial charge on any atom is 0.162 e. The van der Waals surface area contributed by atoms with Crippen molar-refractivity contribution < 1.29 is 9.26 Å². The van der Waals surface area contributed by atoms with Crippen molar-refractivity contribution in [2.24, 2.45) is 5.73 Å². The summed E-state index contributed by atoms with van der Waals surface area (Å²) >= 11 is 0. The van der Waals surface area contributed by atoms with Crippen molar-refractivity contribution in [3.63, 3.8) is 0 Å². The van der Waals surface area contributed by atoms with Gasteiger partial charge in [-0.05, 0) is 32.2 Å². The van der Waals surface area contributed by atoms with E-state index in [2.05, 4.69) is 17.0 Å². The molecule has 1 fully saturated rings. The molecule has 2 N–H and O–H groups in total. The second kappa shape index (κ2) is 7.03. The summed E-state index contributed by atoms with van der Waals surface area (Å²) in [6.45, 7) is 4.57. The summed E-state index contributed by atoms with van der Waals surface area (Å²) in [5, 5.41) is 4.11. The Hall–Kier alpha value is -0.910. The summed E-state index contributed by atoms with van der Waals surface area (Å²) in [7, 11) is 1.66. The van der Waals surface area contributed by atoms with Gasteiger partial charge in [0.05, 0.1) is 5.69 Å². The number of methoxy groups -OCH3 is 1. The summed E-state index contributed by atoms with van der Waals surface area (Å²) in [5.74, 6) is 0.791. The Labute approximate surface area is 115 Å². The van der Waals surface area contributed by atoms with Crippen molar-refractivity contribution in [2.45, 2.75) is 57.8 Å². The number of hydrogen-bond donors (Lipinski definition) is 1. The van der Waals surface area contributed by atoms with E-state index in [-0.39, 0.29) is 0 Å². The molecule has 1 saturated carbocycles. The molecular weight excluding hydrogens is 242 g/mol. The Morgan fingerprint density at radius 1 is 1.42 bits per heavy atom. The van der Waals surface area contributed by atoms with E-state index in [0.29, 0.717) is 18.7 Å². The highest BCUT2D eigenvalue weighted by Crippen LogP contribution is 2.23. The minimum Gasteiger partial charge on any atom is -0.377 e. The largest absolute Gasteiger partial charge is 0.377 e. The highest BCUT2D eigenvalue weighted by molar-refractivity contribution is 5.04. The van der Waals surface area contributed by atoms with Gasteiger partial charge in [0, 0.05) is 31.8 Å². The molecule has 0 radical (unpaired) electrons. The van der Waals surface area contributed by atoms with E-state index in [0.717, 1.165) is 37.4 Å². The first-order valence-corrected chi connectivity index (χ1v) is 7.16. The Bertz CT molecular complexity index is 373. The number of ether oxygens (including phenoxy) is 1. The standard InChI is InChI=1S/C14H25N3O2/c1-3-17(13-6-4-11(15)5-7-13)9-12-8-14(10-18-2)19-16-12/h8,11,13H,3-7,9-10,15H2,1-2H3. The van der Waals surface area contributed by atoms with Crippen LogP contribution in [0.15, 0.2) is 10.6 Å². The third-order valence-electron chi connectivity index (χ3n) is 3.92. The monoisotopic (exact) mass is 267 g/mol. The molecule has 1 aliphatic rings. The molecule has 1 aliphatic carbocycles. The molecule has 0 bridgehead atoms. The normalized spacial score (nSPS) is 24.0. The average Bonchev–Trinajstić information content (AvgIpc) is 2.85. The van der Waals surface area contributed by atoms with Gasteiger partial charge in [0.1, 0.15) is 6.61 Å². The molecule has 19 heavy (non-hydrogen) atoms. The zero-order valence-corrected chi connectivity index (χ0v) is 12.0. The van der Waals surface area contributed by atoms with Crippen molar-refractivity contribution in [3.05, 3.63) is 17.5 Å². The Morgan fingerprint density at radius 2 is 2.16 bits per heavy atom. The van der Waals surface area contributed by atoms with Crippen LogP contribution >= 0.6 is 0 Å². The molecule has 0 atom stereocenters. The van der Waals surface area contributed by atoms with Crippen LogP contribution in [0.3, 0.4) is 0 Å². The molecule has 5 heteroatoms. The van der Waals surface area contributed by atoms with E-state index in [1.807, 2.05) is 6.07 Å². The van der Waals surface area contributed by atoms with Gasteiger partial charge in [-0.1, -0.05) is 12.1 Å². The molecule has 1 aromatic heterocycles. The van der Waals surface area contributed by atoms with Crippen LogP contribution in [-0.2, 0) is 17.9 Å². The van der Waals surface area contributed by atoms with Crippen molar-refractivity contribution >= 4 is 0 Å². The highest BCUT2D eigenvalue weighted by Gasteiger charge is 2.24. The molecule has 5 nitrogen and oxygen atoms in total. The van der Waals surface area contributed by atoms with Gasteiger partial charge in [-0.15, -0.1) is 0 Å². The van der Waals surface area contributed by atoms with Gasteiger partial charge >= 0.3 is 0 Å². The average molecular weight is 267 g/mol. The molecule has 0 aliphatic heterocycles. The third kappa shape index (κ3) is 4.03. The van der Waals surface area contributed by atoms with Crippen LogP contribution in [0, 0.1) is 0 Å². The number of rotatable bonds is 6. The van der Waals surface area contributed by atoms with Gasteiger partial charge in [0.15, 0.2) is 5.76 Å². The lowest BCUT2D eigenvalue weighted by Crippen LogP contribution is -2.40. The third-order valence-corrected chi connectivity index (χ3v) is 3.92. The predicted molar refractivity (Wildman–Crippen MR) is 73.5 cm³/mol. The van der Waals surface area contributed by atoms with Gasteiger partial charge in [-0.3, -0.25) is 4.90 Å². The lowest BCUT2D eigenvalue weighted by Gasteiger charge is -2.34. The van der Waals surface area contributed by atoms with Gasteiger partial charge < -0.3 is 15.0 Å². The number of hydrogen-bond acceptors (Lipinski definition) is 5. The summed E-state index contributed by atoms with van der Waals surface area (Å²) in [5.41, 5.74) is 6.96. The first-order valence-electron chi connectivity index (χ1n) is 7.16. The fourth-order valence-corrected chi connectivity index (χ4v) is 2.81. The van der Waals surface area contributed by atoms with Crippen LogP contribution < -0.4 is 5.73 Å². The topological polar surface area (TPSA) is 64.5 Å². The van der Waals surface area contributed by atoms with E-state index in [1.165, 1.54) is 12.8 Å². The zero-order chi connectivity index (χ0) is 13.7. The second-order valence-electron chi connectivity index (χ2n) is 5.35. The molecular formula is C14H25N3O2. The first kappa shape index (κ1) is 14.5. The van der Waals surface area contributed by atoms with E-state index in [9.17, 15) is 0 Å². The van der Waals surface area contributed by atoms with Crippen LogP contribution in [0.2, 0.25) is 0 Å². The van der Waals surface area contributed by atoms with Gasteiger partial charge in [0.25, 0.3) is 0 Å². The fourth-order valence-electron chi connectivity index (χ4n) is 2.81. The molecule has 0 saturated heterocycles. The summed E-state index contributed by atoms with van der Waals surface area (Å²) in [4.78, 5) is 2.47. The summed E-state index contributed by atoms with van der Waals surface area (Å²) < 4.78 is 10.3. The summed E-state index contributed by atoms with van der Waals surface area (Å²) in [6, 6.07) is 3.02. The summed E-state index contributed by atoms with van der Waals surface area (Å²) in [6.07, 6.45) is 4.65. The van der Waals surface area contributed by atoms with E-state index in [1.54, 1.807) is 7.11 Å². The minimum atomic E-state index is 0.398. The van der Waals surface area contributed by atoms with Crippen molar-refractivity contribution in [2.75, 3.05) is 13.7 Å². The lowest BCUT2D eigenvalue weighted by atomic mass is 9.90. The SMILES string of the molecule is CCN(Cc1cc(COC)on1)C1CCC(N)CC1. The van der Waals surface area contributed by atoms with Crippen molar-refractivity contribution in [1.82, 2.24) is 10.1 Å². The molecule has 2 rings (SSSR count). The van der Waals surface area contributed by atoms with Gasteiger partial charge in [-0.25, -0.2) is 0 Å². The quantitative estimate of drug-likeness (QED) is 0.853. The first-order chi connectivity index (χ1) is 9.22. The molecule has 1 aromatic rings. The fraction of sp³-hybridized carbons (Fsp3) is 0.786. The molecule has 0 unspecified atom stereocenters. The highest BCUT2D eigenvalue weighted by atomic mass is 16.5. The smallest absolute Gasteiger partial charge is 0.162 e. The molecule has 0 amide bonds. The van der Waals surface area contributed by atoms with E-state index in [4.69, 9.17) is 15.0 Å². The predicted octanol–water partition coefficient (Wildman–Crippen LogP) is 1.91. The van der Waals surface area contributed by atoms with Crippen LogP contribution in [0.1, 0.15) is 44.1 Å². The van der Waals surface area contributed by atoms with Crippen LogP contribution in [-0.4, -0.2) is 35.8 Å². The van der Waals surface area contributed by atoms with E-state index >= 15 is 0 Å².